The Kier molecular flexibility index (Phi) is 6.16. The molecule has 4 nitrogen and oxygen atoms in total. The van der Waals surface area contributed by atoms with E-state index in [1.807, 2.05) is 49.4 Å². The molecule has 0 unspecified atom stereocenters. The second-order valence-corrected chi connectivity index (χ2v) is 5.77. The zero-order valence-corrected chi connectivity index (χ0v) is 13.4. The van der Waals surface area contributed by atoms with Gasteiger partial charge in [-0.2, -0.15) is 0 Å². The van der Waals surface area contributed by atoms with Crippen molar-refractivity contribution in [3.63, 3.8) is 0 Å². The molecule has 120 valence electrons. The predicted octanol–water partition coefficient (Wildman–Crippen LogP) is 2.97. The topological polar surface area (TPSA) is 44.8 Å². The fraction of sp³-hybridized carbons (Fsp3) is 0.500. The summed E-state index contributed by atoms with van der Waals surface area (Å²) in [5.74, 6) is -0.125. The lowest BCUT2D eigenvalue weighted by atomic mass is 9.95. The molecular weight excluding hydrogens is 280 g/mol. The van der Waals surface area contributed by atoms with Gasteiger partial charge in [-0.15, -0.1) is 0 Å². The van der Waals surface area contributed by atoms with Gasteiger partial charge in [0.1, 0.15) is 0 Å². The molecule has 0 spiro atoms. The van der Waals surface area contributed by atoms with E-state index in [2.05, 4.69) is 6.92 Å². The first kappa shape index (κ1) is 16.7. The van der Waals surface area contributed by atoms with Crippen molar-refractivity contribution in [3.8, 4) is 0 Å². The zero-order chi connectivity index (χ0) is 15.9. The van der Waals surface area contributed by atoms with E-state index in [1.165, 1.54) is 7.11 Å². The maximum absolute atomic E-state index is 11.7. The van der Waals surface area contributed by atoms with Crippen LogP contribution in [0, 0.1) is 11.8 Å². The Morgan fingerprint density at radius 1 is 1.27 bits per heavy atom. The minimum atomic E-state index is -0.531. The standard InChI is InChI=1S/C18H24O4/c1-13-9-10-16(22-17(13)18(19)20-3)14(2)11-21-12-15-7-5-4-6-8-15/h4-10,13-14,16-17H,11-12H2,1-3H3/t13-,14-,16+,17+/m1/s1. The zero-order valence-electron chi connectivity index (χ0n) is 13.4. The van der Waals surface area contributed by atoms with Crippen LogP contribution < -0.4 is 0 Å². The van der Waals surface area contributed by atoms with Crippen LogP contribution in [0.2, 0.25) is 0 Å². The highest BCUT2D eigenvalue weighted by Gasteiger charge is 2.33. The van der Waals surface area contributed by atoms with Crippen molar-refractivity contribution in [2.45, 2.75) is 32.7 Å². The Hall–Kier alpha value is -1.65. The Balaban J connectivity index is 1.83. The van der Waals surface area contributed by atoms with Crippen molar-refractivity contribution >= 4 is 5.97 Å². The number of esters is 1. The lowest BCUT2D eigenvalue weighted by Gasteiger charge is -2.31. The third-order valence-electron chi connectivity index (χ3n) is 3.87. The summed E-state index contributed by atoms with van der Waals surface area (Å²) in [7, 11) is 1.39. The molecule has 0 amide bonds. The molecular formula is C18H24O4. The maximum Gasteiger partial charge on any atom is 0.335 e. The minimum absolute atomic E-state index is 0.0288. The van der Waals surface area contributed by atoms with Gasteiger partial charge >= 0.3 is 5.97 Å². The highest BCUT2D eigenvalue weighted by molar-refractivity contribution is 5.75. The third-order valence-corrected chi connectivity index (χ3v) is 3.87. The molecule has 0 saturated heterocycles. The third kappa shape index (κ3) is 4.42. The summed E-state index contributed by atoms with van der Waals surface area (Å²) in [6, 6.07) is 10.1. The molecule has 4 heteroatoms. The van der Waals surface area contributed by atoms with E-state index >= 15 is 0 Å². The summed E-state index contributed by atoms with van der Waals surface area (Å²) in [5.41, 5.74) is 1.15. The van der Waals surface area contributed by atoms with Crippen LogP contribution in [0.4, 0.5) is 0 Å². The van der Waals surface area contributed by atoms with Gasteiger partial charge in [-0.3, -0.25) is 0 Å². The smallest absolute Gasteiger partial charge is 0.335 e. The SMILES string of the molecule is COC(=O)[C@H]1O[C@H]([C@H](C)COCc2ccccc2)C=C[C@H]1C. The van der Waals surface area contributed by atoms with Crippen molar-refractivity contribution in [2.24, 2.45) is 11.8 Å². The fourth-order valence-corrected chi connectivity index (χ4v) is 2.47. The summed E-state index contributed by atoms with van der Waals surface area (Å²) < 4.78 is 16.4. The van der Waals surface area contributed by atoms with E-state index in [0.29, 0.717) is 13.2 Å². The predicted molar refractivity (Wildman–Crippen MR) is 84.2 cm³/mol. The first-order valence-electron chi connectivity index (χ1n) is 7.65. The molecule has 0 fully saturated rings. The van der Waals surface area contributed by atoms with Gasteiger partial charge in [0.25, 0.3) is 0 Å². The van der Waals surface area contributed by atoms with Crippen molar-refractivity contribution in [1.29, 1.82) is 0 Å². The first-order valence-corrected chi connectivity index (χ1v) is 7.65. The van der Waals surface area contributed by atoms with E-state index in [1.54, 1.807) is 0 Å². The number of hydrogen-bond acceptors (Lipinski definition) is 4. The van der Waals surface area contributed by atoms with Gasteiger partial charge in [-0.1, -0.05) is 56.3 Å². The molecule has 22 heavy (non-hydrogen) atoms. The summed E-state index contributed by atoms with van der Waals surface area (Å²) in [6.45, 7) is 5.17. The van der Waals surface area contributed by atoms with Gasteiger partial charge in [-0.05, 0) is 5.56 Å². The number of ether oxygens (including phenoxy) is 3. The molecule has 1 aromatic rings. The molecule has 1 aromatic carbocycles. The van der Waals surface area contributed by atoms with Crippen molar-refractivity contribution < 1.29 is 19.0 Å². The molecule has 0 N–H and O–H groups in total. The van der Waals surface area contributed by atoms with E-state index in [0.717, 1.165) is 5.56 Å². The van der Waals surface area contributed by atoms with Crippen LogP contribution in [0.15, 0.2) is 42.5 Å². The molecule has 1 heterocycles. The summed E-state index contributed by atoms with van der Waals surface area (Å²) in [6.07, 6.45) is 3.37. The van der Waals surface area contributed by atoms with Crippen molar-refractivity contribution in [3.05, 3.63) is 48.0 Å². The highest BCUT2D eigenvalue weighted by Crippen LogP contribution is 2.24. The highest BCUT2D eigenvalue weighted by atomic mass is 16.6. The largest absolute Gasteiger partial charge is 0.467 e. The van der Waals surface area contributed by atoms with Crippen molar-refractivity contribution in [1.82, 2.24) is 0 Å². The number of rotatable bonds is 6. The maximum atomic E-state index is 11.7. The molecule has 0 aromatic heterocycles. The monoisotopic (exact) mass is 304 g/mol. The van der Waals surface area contributed by atoms with Crippen LogP contribution in [-0.4, -0.2) is 31.9 Å². The molecule has 1 aliphatic rings. The summed E-state index contributed by atoms with van der Waals surface area (Å²) in [5, 5.41) is 0. The fourth-order valence-electron chi connectivity index (χ4n) is 2.47. The molecule has 0 bridgehead atoms. The van der Waals surface area contributed by atoms with Gasteiger partial charge in [0.2, 0.25) is 0 Å². The van der Waals surface area contributed by atoms with Crippen LogP contribution in [0.1, 0.15) is 19.4 Å². The van der Waals surface area contributed by atoms with E-state index < -0.39 is 6.10 Å². The second kappa shape index (κ2) is 8.11. The average Bonchev–Trinajstić information content (AvgIpc) is 2.55. The molecule has 1 aliphatic heterocycles. The number of benzene rings is 1. The number of carbonyl (C=O) groups excluding carboxylic acids is 1. The van der Waals surface area contributed by atoms with Crippen LogP contribution in [-0.2, 0) is 25.6 Å². The Labute approximate surface area is 132 Å². The van der Waals surface area contributed by atoms with Gasteiger partial charge < -0.3 is 14.2 Å². The first-order chi connectivity index (χ1) is 10.6. The van der Waals surface area contributed by atoms with Crippen molar-refractivity contribution in [2.75, 3.05) is 13.7 Å². The molecule has 4 atom stereocenters. The second-order valence-electron chi connectivity index (χ2n) is 5.77. The van der Waals surface area contributed by atoms with Crippen LogP contribution >= 0.6 is 0 Å². The van der Waals surface area contributed by atoms with Crippen LogP contribution in [0.5, 0.6) is 0 Å². The molecule has 0 radical (unpaired) electrons. The molecule has 2 rings (SSSR count). The average molecular weight is 304 g/mol. The number of methoxy groups -OCH3 is 1. The summed E-state index contributed by atoms with van der Waals surface area (Å²) in [4.78, 5) is 11.7. The minimum Gasteiger partial charge on any atom is -0.467 e. The molecule has 0 saturated carbocycles. The number of hydrogen-bond donors (Lipinski definition) is 0. The summed E-state index contributed by atoms with van der Waals surface area (Å²) >= 11 is 0. The van der Waals surface area contributed by atoms with Crippen LogP contribution in [0.3, 0.4) is 0 Å². The van der Waals surface area contributed by atoms with Gasteiger partial charge in [0.05, 0.1) is 26.4 Å². The lowest BCUT2D eigenvalue weighted by molar-refractivity contribution is -0.163. The van der Waals surface area contributed by atoms with Gasteiger partial charge in [0.15, 0.2) is 6.10 Å². The Bertz CT molecular complexity index is 497. The van der Waals surface area contributed by atoms with Gasteiger partial charge in [0, 0.05) is 11.8 Å². The van der Waals surface area contributed by atoms with E-state index in [4.69, 9.17) is 14.2 Å². The van der Waals surface area contributed by atoms with E-state index in [9.17, 15) is 4.79 Å². The normalized spacial score (nSPS) is 25.7. The molecule has 0 aliphatic carbocycles. The van der Waals surface area contributed by atoms with Gasteiger partial charge in [-0.25, -0.2) is 4.79 Å². The Morgan fingerprint density at radius 3 is 2.68 bits per heavy atom. The van der Waals surface area contributed by atoms with E-state index in [-0.39, 0.29) is 23.9 Å². The number of carbonyl (C=O) groups is 1. The lowest BCUT2D eigenvalue weighted by Crippen LogP contribution is -2.40. The van der Waals surface area contributed by atoms with Crippen LogP contribution in [0.25, 0.3) is 0 Å². The Morgan fingerprint density at radius 2 is 2.00 bits per heavy atom. The quantitative estimate of drug-likeness (QED) is 0.599.